The molecule has 2 N–H and O–H groups in total. The van der Waals surface area contributed by atoms with Gasteiger partial charge in [-0.3, -0.25) is 4.79 Å². The molecule has 1 aromatic carbocycles. The number of aliphatic hydroxyl groups is 1. The Labute approximate surface area is 112 Å². The fourth-order valence-electron chi connectivity index (χ4n) is 1.89. The predicted molar refractivity (Wildman–Crippen MR) is 71.9 cm³/mol. The quantitative estimate of drug-likeness (QED) is 0.862. The molecule has 1 atom stereocenters. The van der Waals surface area contributed by atoms with Crippen LogP contribution >= 0.6 is 0 Å². The first-order valence-electron chi connectivity index (χ1n) is 6.20. The number of rotatable bonds is 5. The van der Waals surface area contributed by atoms with E-state index in [1.807, 2.05) is 30.3 Å². The second-order valence-corrected chi connectivity index (χ2v) is 4.49. The van der Waals surface area contributed by atoms with E-state index in [-0.39, 0.29) is 18.6 Å². The van der Waals surface area contributed by atoms with Crippen molar-refractivity contribution in [3.8, 4) is 0 Å². The van der Waals surface area contributed by atoms with Crippen LogP contribution in [-0.2, 0) is 6.42 Å². The van der Waals surface area contributed by atoms with Gasteiger partial charge in [-0.15, -0.1) is 0 Å². The Morgan fingerprint density at radius 1 is 1.37 bits per heavy atom. The molecule has 0 spiro atoms. The second kappa shape index (κ2) is 6.20. The van der Waals surface area contributed by atoms with Gasteiger partial charge in [0.05, 0.1) is 18.2 Å². The molecular weight excluding hydrogens is 242 g/mol. The van der Waals surface area contributed by atoms with E-state index >= 15 is 0 Å². The molecule has 0 bridgehead atoms. The largest absolute Gasteiger partial charge is 0.469 e. The molecule has 0 aliphatic carbocycles. The predicted octanol–water partition coefficient (Wildman–Crippen LogP) is 1.92. The van der Waals surface area contributed by atoms with E-state index in [1.165, 1.54) is 6.26 Å². The summed E-state index contributed by atoms with van der Waals surface area (Å²) in [7, 11) is 0. The highest BCUT2D eigenvalue weighted by atomic mass is 16.3. The standard InChI is InChI=1S/C15H17NO3/c1-11-7-13(10-19-11)15(18)16-14(9-17)8-12-5-3-2-4-6-12/h2-7,10,14,17H,8-9H2,1H3,(H,16,18)/t14-/m1/s1. The first-order valence-corrected chi connectivity index (χ1v) is 6.20. The molecule has 2 rings (SSSR count). The Balaban J connectivity index is 1.97. The third kappa shape index (κ3) is 3.69. The van der Waals surface area contributed by atoms with Gasteiger partial charge in [0.2, 0.25) is 0 Å². The fourth-order valence-corrected chi connectivity index (χ4v) is 1.89. The van der Waals surface area contributed by atoms with Crippen LogP contribution in [0.5, 0.6) is 0 Å². The van der Waals surface area contributed by atoms with Gasteiger partial charge in [-0.25, -0.2) is 0 Å². The molecule has 0 saturated carbocycles. The minimum atomic E-state index is -0.301. The first kappa shape index (κ1) is 13.4. The van der Waals surface area contributed by atoms with Crippen molar-refractivity contribution in [2.24, 2.45) is 0 Å². The van der Waals surface area contributed by atoms with Crippen LogP contribution < -0.4 is 5.32 Å². The van der Waals surface area contributed by atoms with Gasteiger partial charge in [0.15, 0.2) is 0 Å². The zero-order valence-corrected chi connectivity index (χ0v) is 10.8. The third-order valence-electron chi connectivity index (χ3n) is 2.87. The van der Waals surface area contributed by atoms with Crippen LogP contribution in [0.15, 0.2) is 47.1 Å². The van der Waals surface area contributed by atoms with Gasteiger partial charge < -0.3 is 14.8 Å². The van der Waals surface area contributed by atoms with Crippen molar-refractivity contribution in [1.29, 1.82) is 0 Å². The van der Waals surface area contributed by atoms with E-state index in [1.54, 1.807) is 13.0 Å². The normalized spacial score (nSPS) is 12.1. The van der Waals surface area contributed by atoms with E-state index in [0.717, 1.165) is 5.56 Å². The number of nitrogens with one attached hydrogen (secondary N) is 1. The maximum Gasteiger partial charge on any atom is 0.254 e. The lowest BCUT2D eigenvalue weighted by molar-refractivity contribution is 0.0916. The second-order valence-electron chi connectivity index (χ2n) is 4.49. The number of amides is 1. The minimum absolute atomic E-state index is 0.0997. The zero-order chi connectivity index (χ0) is 13.7. The Bertz CT molecular complexity index is 533. The van der Waals surface area contributed by atoms with Crippen LogP contribution in [0.4, 0.5) is 0 Å². The van der Waals surface area contributed by atoms with Gasteiger partial charge in [-0.05, 0) is 25.0 Å². The molecule has 0 unspecified atom stereocenters. The maximum absolute atomic E-state index is 11.9. The molecule has 1 amide bonds. The van der Waals surface area contributed by atoms with E-state index in [9.17, 15) is 9.90 Å². The van der Waals surface area contributed by atoms with Crippen molar-refractivity contribution in [2.75, 3.05) is 6.61 Å². The Hall–Kier alpha value is -2.07. The summed E-state index contributed by atoms with van der Waals surface area (Å²) in [6.45, 7) is 1.68. The summed E-state index contributed by atoms with van der Waals surface area (Å²) in [5, 5.41) is 12.1. The molecule has 0 aliphatic heterocycles. The summed E-state index contributed by atoms with van der Waals surface area (Å²) in [5.74, 6) is 0.459. The highest BCUT2D eigenvalue weighted by Crippen LogP contribution is 2.08. The minimum Gasteiger partial charge on any atom is -0.469 e. The zero-order valence-electron chi connectivity index (χ0n) is 10.8. The van der Waals surface area contributed by atoms with Crippen LogP contribution in [0.1, 0.15) is 21.7 Å². The lowest BCUT2D eigenvalue weighted by Crippen LogP contribution is -2.38. The van der Waals surface area contributed by atoms with E-state index in [2.05, 4.69) is 5.32 Å². The lowest BCUT2D eigenvalue weighted by Gasteiger charge is -2.15. The van der Waals surface area contributed by atoms with E-state index in [4.69, 9.17) is 4.42 Å². The Kier molecular flexibility index (Phi) is 4.36. The lowest BCUT2D eigenvalue weighted by atomic mass is 10.1. The van der Waals surface area contributed by atoms with Crippen molar-refractivity contribution in [3.05, 3.63) is 59.5 Å². The van der Waals surface area contributed by atoms with Crippen LogP contribution in [0.3, 0.4) is 0 Å². The van der Waals surface area contributed by atoms with Crippen molar-refractivity contribution in [1.82, 2.24) is 5.32 Å². The van der Waals surface area contributed by atoms with Gasteiger partial charge in [0.25, 0.3) is 5.91 Å². The van der Waals surface area contributed by atoms with E-state index in [0.29, 0.717) is 17.7 Å². The van der Waals surface area contributed by atoms with Crippen molar-refractivity contribution in [3.63, 3.8) is 0 Å². The summed E-state index contributed by atoms with van der Waals surface area (Å²) in [5.41, 5.74) is 1.55. The van der Waals surface area contributed by atoms with Crippen LogP contribution in [0.25, 0.3) is 0 Å². The fraction of sp³-hybridized carbons (Fsp3) is 0.267. The van der Waals surface area contributed by atoms with Crippen LogP contribution in [0.2, 0.25) is 0 Å². The molecule has 4 nitrogen and oxygen atoms in total. The van der Waals surface area contributed by atoms with Gasteiger partial charge in [0.1, 0.15) is 12.0 Å². The summed E-state index contributed by atoms with van der Waals surface area (Å²) < 4.78 is 5.10. The third-order valence-corrected chi connectivity index (χ3v) is 2.87. The number of carbonyl (C=O) groups is 1. The van der Waals surface area contributed by atoms with Crippen molar-refractivity contribution < 1.29 is 14.3 Å². The average molecular weight is 259 g/mol. The number of benzene rings is 1. The summed E-state index contributed by atoms with van der Waals surface area (Å²) in [6.07, 6.45) is 2.02. The molecule has 2 aromatic rings. The molecule has 0 saturated heterocycles. The Morgan fingerprint density at radius 2 is 2.11 bits per heavy atom. The van der Waals surface area contributed by atoms with Gasteiger partial charge in [0, 0.05) is 0 Å². The highest BCUT2D eigenvalue weighted by Gasteiger charge is 2.15. The number of carbonyl (C=O) groups excluding carboxylic acids is 1. The molecule has 100 valence electrons. The van der Waals surface area contributed by atoms with Crippen molar-refractivity contribution >= 4 is 5.91 Å². The summed E-state index contributed by atoms with van der Waals surface area (Å²) >= 11 is 0. The van der Waals surface area contributed by atoms with Crippen molar-refractivity contribution in [2.45, 2.75) is 19.4 Å². The molecule has 1 aromatic heterocycles. The first-order chi connectivity index (χ1) is 9.19. The van der Waals surface area contributed by atoms with E-state index < -0.39 is 0 Å². The number of furan rings is 1. The van der Waals surface area contributed by atoms with Gasteiger partial charge >= 0.3 is 0 Å². The molecule has 4 heteroatoms. The topological polar surface area (TPSA) is 62.5 Å². The molecular formula is C15H17NO3. The van der Waals surface area contributed by atoms with Crippen LogP contribution in [-0.4, -0.2) is 23.7 Å². The molecule has 0 fully saturated rings. The summed E-state index contributed by atoms with van der Waals surface area (Å²) in [4.78, 5) is 11.9. The number of aliphatic hydroxyl groups excluding tert-OH is 1. The monoisotopic (exact) mass is 259 g/mol. The molecule has 1 heterocycles. The van der Waals surface area contributed by atoms with Gasteiger partial charge in [-0.1, -0.05) is 30.3 Å². The Morgan fingerprint density at radius 3 is 2.68 bits per heavy atom. The average Bonchev–Trinajstić information content (AvgIpc) is 2.86. The number of aryl methyl sites for hydroxylation is 1. The smallest absolute Gasteiger partial charge is 0.254 e. The molecule has 0 aliphatic rings. The number of hydrogen-bond acceptors (Lipinski definition) is 3. The van der Waals surface area contributed by atoms with Crippen LogP contribution in [0, 0.1) is 6.92 Å². The SMILES string of the molecule is Cc1cc(C(=O)N[C@@H](CO)Cc2ccccc2)co1. The maximum atomic E-state index is 11.9. The highest BCUT2D eigenvalue weighted by molar-refractivity contribution is 5.94. The van der Waals surface area contributed by atoms with Gasteiger partial charge in [-0.2, -0.15) is 0 Å². The number of hydrogen-bond donors (Lipinski definition) is 2. The molecule has 0 radical (unpaired) electrons. The summed E-state index contributed by atoms with van der Waals surface area (Å²) in [6, 6.07) is 11.1. The molecule has 19 heavy (non-hydrogen) atoms.